The lowest BCUT2D eigenvalue weighted by Gasteiger charge is -2.04. The third kappa shape index (κ3) is 2.51. The Balaban J connectivity index is 1.35. The fraction of sp³-hybridized carbons (Fsp3) is 0.0556. The molecule has 0 saturated carbocycles. The van der Waals surface area contributed by atoms with E-state index in [0.29, 0.717) is 10.5 Å². The van der Waals surface area contributed by atoms with E-state index in [9.17, 15) is 9.59 Å². The number of aromatic nitrogens is 2. The molecular weight excluding hydrogens is 384 g/mol. The molecule has 0 saturated heterocycles. The number of rotatable bonds is 2. The van der Waals surface area contributed by atoms with Crippen LogP contribution < -0.4 is 10.9 Å². The molecule has 134 valence electrons. The number of hydrogen-bond acceptors (Lipinski definition) is 6. The van der Waals surface area contributed by atoms with Crippen LogP contribution in [0.2, 0.25) is 0 Å². The maximum absolute atomic E-state index is 12.4. The number of aryl methyl sites for hydroxylation is 1. The van der Waals surface area contributed by atoms with Gasteiger partial charge in [-0.1, -0.05) is 18.2 Å². The molecule has 2 N–H and O–H groups in total. The quantitative estimate of drug-likeness (QED) is 0.445. The first-order chi connectivity index (χ1) is 13.1. The average Bonchev–Trinajstić information content (AvgIpc) is 3.40. The summed E-state index contributed by atoms with van der Waals surface area (Å²) in [6.45, 7) is 1.81. The number of fused-ring (bicyclic) bond motifs is 4. The van der Waals surface area contributed by atoms with Crippen LogP contribution in [-0.4, -0.2) is 21.2 Å². The molecule has 0 unspecified atom stereocenters. The van der Waals surface area contributed by atoms with Crippen molar-refractivity contribution < 1.29 is 14.0 Å². The van der Waals surface area contributed by atoms with E-state index in [1.165, 1.54) is 22.7 Å². The maximum atomic E-state index is 12.4. The monoisotopic (exact) mass is 396 g/mol. The minimum absolute atomic E-state index is 0.179. The average molecular weight is 396 g/mol. The SMILES string of the molecule is Cc1c(C(=O)NNC(=O)c2cc3c(nc4sccn43)s2)oc2ccccc12. The number of thiazole rings is 1. The maximum Gasteiger partial charge on any atom is 0.305 e. The van der Waals surface area contributed by atoms with Gasteiger partial charge in [-0.15, -0.1) is 22.7 Å². The van der Waals surface area contributed by atoms with Crippen LogP contribution in [0.15, 0.2) is 46.3 Å². The van der Waals surface area contributed by atoms with Crippen LogP contribution in [0, 0.1) is 6.92 Å². The van der Waals surface area contributed by atoms with Crippen molar-refractivity contribution in [1.82, 2.24) is 20.2 Å². The zero-order valence-electron chi connectivity index (χ0n) is 14.0. The molecule has 4 heterocycles. The van der Waals surface area contributed by atoms with Crippen molar-refractivity contribution >= 4 is 60.8 Å². The predicted octanol–water partition coefficient (Wildman–Crippen LogP) is 3.74. The number of hydrazine groups is 1. The van der Waals surface area contributed by atoms with Crippen LogP contribution in [0.4, 0.5) is 0 Å². The molecule has 27 heavy (non-hydrogen) atoms. The summed E-state index contributed by atoms with van der Waals surface area (Å²) in [4.78, 5) is 31.4. The van der Waals surface area contributed by atoms with Gasteiger partial charge < -0.3 is 4.42 Å². The number of nitrogens with one attached hydrogen (secondary N) is 2. The van der Waals surface area contributed by atoms with Crippen molar-refractivity contribution in [2.45, 2.75) is 6.92 Å². The number of benzene rings is 1. The van der Waals surface area contributed by atoms with Gasteiger partial charge in [0, 0.05) is 22.5 Å². The summed E-state index contributed by atoms with van der Waals surface area (Å²) >= 11 is 2.82. The van der Waals surface area contributed by atoms with Gasteiger partial charge in [0.2, 0.25) is 0 Å². The molecule has 5 aromatic rings. The topological polar surface area (TPSA) is 88.6 Å². The minimum Gasteiger partial charge on any atom is -0.451 e. The van der Waals surface area contributed by atoms with Gasteiger partial charge in [-0.3, -0.25) is 24.8 Å². The van der Waals surface area contributed by atoms with Gasteiger partial charge in [-0.05, 0) is 19.1 Å². The van der Waals surface area contributed by atoms with Crippen molar-refractivity contribution in [1.29, 1.82) is 0 Å². The van der Waals surface area contributed by atoms with Crippen LogP contribution in [0.5, 0.6) is 0 Å². The number of imidazole rings is 1. The highest BCUT2D eigenvalue weighted by molar-refractivity contribution is 7.21. The molecule has 0 spiro atoms. The predicted molar refractivity (Wildman–Crippen MR) is 104 cm³/mol. The molecule has 0 aliphatic rings. The van der Waals surface area contributed by atoms with E-state index in [1.807, 2.05) is 41.1 Å². The summed E-state index contributed by atoms with van der Waals surface area (Å²) < 4.78 is 7.53. The molecule has 0 radical (unpaired) electrons. The summed E-state index contributed by atoms with van der Waals surface area (Å²) in [6, 6.07) is 9.17. The summed E-state index contributed by atoms with van der Waals surface area (Å²) in [7, 11) is 0. The molecule has 4 aromatic heterocycles. The molecule has 0 fully saturated rings. The van der Waals surface area contributed by atoms with E-state index in [-0.39, 0.29) is 5.76 Å². The largest absolute Gasteiger partial charge is 0.451 e. The number of para-hydroxylation sites is 1. The second kappa shape index (κ2) is 5.93. The Hall–Kier alpha value is -3.17. The Morgan fingerprint density at radius 3 is 2.85 bits per heavy atom. The Bertz CT molecular complexity index is 1340. The Kier molecular flexibility index (Phi) is 3.52. The van der Waals surface area contributed by atoms with E-state index < -0.39 is 11.8 Å². The summed E-state index contributed by atoms with van der Waals surface area (Å²) in [5.74, 6) is -0.719. The first kappa shape index (κ1) is 16.0. The number of hydrogen-bond donors (Lipinski definition) is 2. The second-order valence-corrected chi connectivity index (χ2v) is 7.83. The van der Waals surface area contributed by atoms with Crippen LogP contribution in [0.1, 0.15) is 25.8 Å². The Morgan fingerprint density at radius 2 is 2.00 bits per heavy atom. The highest BCUT2D eigenvalue weighted by Crippen LogP contribution is 2.28. The van der Waals surface area contributed by atoms with E-state index in [1.54, 1.807) is 12.1 Å². The number of amides is 2. The van der Waals surface area contributed by atoms with Gasteiger partial charge in [0.05, 0.1) is 10.4 Å². The van der Waals surface area contributed by atoms with Gasteiger partial charge in [0.1, 0.15) is 10.4 Å². The fourth-order valence-electron chi connectivity index (χ4n) is 2.98. The Morgan fingerprint density at radius 1 is 1.19 bits per heavy atom. The van der Waals surface area contributed by atoms with Gasteiger partial charge in [0.25, 0.3) is 5.91 Å². The lowest BCUT2D eigenvalue weighted by molar-refractivity contribution is 0.0833. The smallest absolute Gasteiger partial charge is 0.305 e. The minimum atomic E-state index is -0.500. The van der Waals surface area contributed by atoms with Gasteiger partial charge >= 0.3 is 5.91 Å². The zero-order valence-corrected chi connectivity index (χ0v) is 15.6. The summed E-state index contributed by atoms with van der Waals surface area (Å²) in [5.41, 5.74) is 7.09. The van der Waals surface area contributed by atoms with Crippen molar-refractivity contribution in [3.05, 3.63) is 58.1 Å². The first-order valence-electron chi connectivity index (χ1n) is 8.06. The molecular formula is C18H12N4O3S2. The van der Waals surface area contributed by atoms with Gasteiger partial charge in [-0.2, -0.15) is 0 Å². The number of furan rings is 1. The lowest BCUT2D eigenvalue weighted by Crippen LogP contribution is -2.41. The van der Waals surface area contributed by atoms with Gasteiger partial charge in [-0.25, -0.2) is 4.98 Å². The molecule has 9 heteroatoms. The lowest BCUT2D eigenvalue weighted by atomic mass is 10.1. The molecule has 0 bridgehead atoms. The normalized spacial score (nSPS) is 11.4. The summed E-state index contributed by atoms with van der Waals surface area (Å²) in [5, 5.41) is 2.81. The third-order valence-corrected chi connectivity index (χ3v) is 6.08. The number of carbonyl (C=O) groups is 2. The number of carbonyl (C=O) groups excluding carboxylic acids is 2. The molecule has 5 rings (SSSR count). The molecule has 2 amide bonds. The van der Waals surface area contributed by atoms with Crippen molar-refractivity contribution in [3.63, 3.8) is 0 Å². The summed E-state index contributed by atoms with van der Waals surface area (Å²) in [6.07, 6.45) is 1.91. The van der Waals surface area contributed by atoms with E-state index in [2.05, 4.69) is 15.8 Å². The zero-order chi connectivity index (χ0) is 18.5. The van der Waals surface area contributed by atoms with Crippen molar-refractivity contribution in [2.75, 3.05) is 0 Å². The van der Waals surface area contributed by atoms with Gasteiger partial charge in [0.15, 0.2) is 10.7 Å². The van der Waals surface area contributed by atoms with E-state index >= 15 is 0 Å². The molecule has 0 atom stereocenters. The molecule has 1 aromatic carbocycles. The fourth-order valence-corrected chi connectivity index (χ4v) is 4.68. The van der Waals surface area contributed by atoms with E-state index in [0.717, 1.165) is 26.3 Å². The standard InChI is InChI=1S/C18H12N4O3S2/c1-9-10-4-2-3-5-12(10)25-14(9)16(24)21-20-15(23)13-8-11-17(27-13)19-18-22(11)6-7-26-18/h2-8H,1H3,(H,20,23)(H,21,24). The van der Waals surface area contributed by atoms with Crippen molar-refractivity contribution in [3.8, 4) is 0 Å². The molecule has 0 aliphatic heterocycles. The number of nitrogens with zero attached hydrogens (tertiary/aromatic N) is 2. The van der Waals surface area contributed by atoms with Crippen LogP contribution in [-0.2, 0) is 0 Å². The Labute approximate surface area is 160 Å². The van der Waals surface area contributed by atoms with Crippen LogP contribution >= 0.6 is 22.7 Å². The van der Waals surface area contributed by atoms with Crippen molar-refractivity contribution in [2.24, 2.45) is 0 Å². The second-order valence-electron chi connectivity index (χ2n) is 5.93. The van der Waals surface area contributed by atoms with E-state index in [4.69, 9.17) is 4.42 Å². The van der Waals surface area contributed by atoms with Crippen LogP contribution in [0.3, 0.4) is 0 Å². The van der Waals surface area contributed by atoms with Crippen LogP contribution in [0.25, 0.3) is 26.3 Å². The number of thiophene rings is 1. The first-order valence-corrected chi connectivity index (χ1v) is 9.75. The third-order valence-electron chi connectivity index (χ3n) is 4.30. The highest BCUT2D eigenvalue weighted by Gasteiger charge is 2.19. The molecule has 0 aliphatic carbocycles. The molecule has 7 nitrogen and oxygen atoms in total. The highest BCUT2D eigenvalue weighted by atomic mass is 32.1.